The normalized spacial score (nSPS) is 16.3. The number of amides is 1. The highest BCUT2D eigenvalue weighted by Crippen LogP contribution is 2.33. The van der Waals surface area contributed by atoms with Crippen LogP contribution in [0, 0.1) is 11.3 Å². The van der Waals surface area contributed by atoms with Crippen LogP contribution in [0.5, 0.6) is 5.75 Å². The van der Waals surface area contributed by atoms with E-state index in [2.05, 4.69) is 22.4 Å². The lowest BCUT2D eigenvalue weighted by Crippen LogP contribution is -2.29. The topological polar surface area (TPSA) is 77.9 Å². The van der Waals surface area contributed by atoms with Crippen molar-refractivity contribution in [3.05, 3.63) is 52.8 Å². The van der Waals surface area contributed by atoms with Gasteiger partial charge in [-0.05, 0) is 48.6 Å². The molecule has 1 atom stereocenters. The molecular weight excluding hydrogens is 290 g/mol. The van der Waals surface area contributed by atoms with Gasteiger partial charge in [0.25, 0.3) is 5.91 Å². The smallest absolute Gasteiger partial charge is 0.252 e. The largest absolute Gasteiger partial charge is 0.497 e. The monoisotopic (exact) mass is 309 g/mol. The van der Waals surface area contributed by atoms with Crippen molar-refractivity contribution in [1.29, 1.82) is 5.26 Å². The van der Waals surface area contributed by atoms with E-state index in [0.29, 0.717) is 23.7 Å². The van der Waals surface area contributed by atoms with Crippen LogP contribution in [0.1, 0.15) is 45.9 Å². The Balaban J connectivity index is 1.68. The molecule has 0 saturated heterocycles. The Bertz CT molecular complexity index is 758. The number of nitrogens with one attached hydrogen (secondary N) is 2. The molecule has 1 aliphatic carbocycles. The van der Waals surface area contributed by atoms with Gasteiger partial charge in [0.1, 0.15) is 17.5 Å². The van der Waals surface area contributed by atoms with E-state index < -0.39 is 0 Å². The molecule has 0 radical (unpaired) electrons. The Hall–Kier alpha value is -2.74. The number of fused-ring (bicyclic) bond motifs is 1. The van der Waals surface area contributed by atoms with E-state index >= 15 is 0 Å². The van der Waals surface area contributed by atoms with Crippen LogP contribution in [0.4, 0.5) is 0 Å². The standard InChI is InChI=1S/C18H19N3O2/c1-23-16-5-6-17-12(8-16)3-2-4-13(17)10-21-18(22)14-7-15(9-19)20-11-14/h5-8,11,13,20H,2-4,10H2,1H3,(H,21,22). The number of rotatable bonds is 4. The first-order valence-electron chi connectivity index (χ1n) is 7.75. The van der Waals surface area contributed by atoms with Gasteiger partial charge in [-0.1, -0.05) is 6.07 Å². The maximum absolute atomic E-state index is 12.2. The third kappa shape index (κ3) is 3.21. The van der Waals surface area contributed by atoms with Gasteiger partial charge in [0.2, 0.25) is 0 Å². The van der Waals surface area contributed by atoms with Crippen molar-refractivity contribution < 1.29 is 9.53 Å². The number of aromatic amines is 1. The number of benzene rings is 1. The summed E-state index contributed by atoms with van der Waals surface area (Å²) in [6.45, 7) is 0.602. The molecular formula is C18H19N3O2. The van der Waals surface area contributed by atoms with Gasteiger partial charge in [0, 0.05) is 18.7 Å². The molecule has 0 saturated carbocycles. The number of carbonyl (C=O) groups is 1. The van der Waals surface area contributed by atoms with Gasteiger partial charge in [-0.3, -0.25) is 4.79 Å². The molecule has 0 bridgehead atoms. The Morgan fingerprint density at radius 3 is 3.09 bits per heavy atom. The maximum Gasteiger partial charge on any atom is 0.252 e. The highest BCUT2D eigenvalue weighted by Gasteiger charge is 2.21. The molecule has 118 valence electrons. The predicted octanol–water partition coefficient (Wildman–Crippen LogP) is 2.74. The summed E-state index contributed by atoms with van der Waals surface area (Å²) >= 11 is 0. The van der Waals surface area contributed by atoms with Gasteiger partial charge in [0.05, 0.1) is 12.7 Å². The molecule has 0 fully saturated rings. The van der Waals surface area contributed by atoms with Crippen LogP contribution in [0.2, 0.25) is 0 Å². The Morgan fingerprint density at radius 2 is 2.35 bits per heavy atom. The number of hydrogen-bond acceptors (Lipinski definition) is 3. The van der Waals surface area contributed by atoms with Crippen LogP contribution in [-0.4, -0.2) is 24.5 Å². The second kappa shape index (κ2) is 6.57. The van der Waals surface area contributed by atoms with Crippen molar-refractivity contribution in [2.75, 3.05) is 13.7 Å². The van der Waals surface area contributed by atoms with Gasteiger partial charge in [-0.15, -0.1) is 0 Å². The average molecular weight is 309 g/mol. The molecule has 23 heavy (non-hydrogen) atoms. The van der Waals surface area contributed by atoms with E-state index in [1.165, 1.54) is 11.1 Å². The maximum atomic E-state index is 12.2. The van der Waals surface area contributed by atoms with E-state index in [1.807, 2.05) is 12.1 Å². The number of carbonyl (C=O) groups excluding carboxylic acids is 1. The van der Waals surface area contributed by atoms with Crippen LogP contribution >= 0.6 is 0 Å². The molecule has 0 aliphatic heterocycles. The van der Waals surface area contributed by atoms with Crippen molar-refractivity contribution in [2.24, 2.45) is 0 Å². The van der Waals surface area contributed by atoms with Crippen molar-refractivity contribution >= 4 is 5.91 Å². The zero-order chi connectivity index (χ0) is 16.2. The first-order valence-corrected chi connectivity index (χ1v) is 7.75. The Morgan fingerprint density at radius 1 is 1.48 bits per heavy atom. The zero-order valence-corrected chi connectivity index (χ0v) is 13.1. The van der Waals surface area contributed by atoms with E-state index in [4.69, 9.17) is 10.00 Å². The molecule has 1 heterocycles. The van der Waals surface area contributed by atoms with Crippen LogP contribution < -0.4 is 10.1 Å². The number of nitriles is 1. The third-order valence-electron chi connectivity index (χ3n) is 4.36. The molecule has 1 unspecified atom stereocenters. The SMILES string of the molecule is COc1ccc2c(c1)CCCC2CNC(=O)c1c[nH]c(C#N)c1. The second-order valence-electron chi connectivity index (χ2n) is 5.78. The summed E-state index contributed by atoms with van der Waals surface area (Å²) in [7, 11) is 1.68. The van der Waals surface area contributed by atoms with Crippen LogP contribution in [0.3, 0.4) is 0 Å². The number of hydrogen-bond donors (Lipinski definition) is 2. The van der Waals surface area contributed by atoms with E-state index in [-0.39, 0.29) is 5.91 Å². The second-order valence-corrected chi connectivity index (χ2v) is 5.78. The summed E-state index contributed by atoms with van der Waals surface area (Å²) in [4.78, 5) is 14.9. The quantitative estimate of drug-likeness (QED) is 0.911. The van der Waals surface area contributed by atoms with E-state index in [0.717, 1.165) is 25.0 Å². The average Bonchev–Trinajstić information content (AvgIpc) is 3.08. The fraction of sp³-hybridized carbons (Fsp3) is 0.333. The van der Waals surface area contributed by atoms with Gasteiger partial charge in [-0.25, -0.2) is 0 Å². The molecule has 2 N–H and O–H groups in total. The van der Waals surface area contributed by atoms with Crippen LogP contribution in [0.25, 0.3) is 0 Å². The van der Waals surface area contributed by atoms with Gasteiger partial charge < -0.3 is 15.0 Å². The lowest BCUT2D eigenvalue weighted by molar-refractivity contribution is 0.0950. The summed E-state index contributed by atoms with van der Waals surface area (Å²) < 4.78 is 5.28. The number of ether oxygens (including phenoxy) is 1. The fourth-order valence-electron chi connectivity index (χ4n) is 3.14. The molecule has 1 aliphatic rings. The van der Waals surface area contributed by atoms with E-state index in [9.17, 15) is 4.79 Å². The number of H-pyrrole nitrogens is 1. The molecule has 5 heteroatoms. The first kappa shape index (κ1) is 15.2. The summed E-state index contributed by atoms with van der Waals surface area (Å²) in [5.41, 5.74) is 3.49. The van der Waals surface area contributed by atoms with Gasteiger partial charge in [-0.2, -0.15) is 5.26 Å². The highest BCUT2D eigenvalue weighted by atomic mass is 16.5. The van der Waals surface area contributed by atoms with Crippen LogP contribution in [0.15, 0.2) is 30.5 Å². The summed E-state index contributed by atoms with van der Waals surface area (Å²) in [5, 5.41) is 11.8. The van der Waals surface area contributed by atoms with E-state index in [1.54, 1.807) is 19.4 Å². The van der Waals surface area contributed by atoms with Crippen LogP contribution in [-0.2, 0) is 6.42 Å². The highest BCUT2D eigenvalue weighted by molar-refractivity contribution is 5.94. The predicted molar refractivity (Wildman–Crippen MR) is 86.5 cm³/mol. The van der Waals surface area contributed by atoms with Crippen molar-refractivity contribution in [3.63, 3.8) is 0 Å². The Labute approximate surface area is 135 Å². The number of aromatic nitrogens is 1. The molecule has 0 spiro atoms. The lowest BCUT2D eigenvalue weighted by atomic mass is 9.82. The number of methoxy groups -OCH3 is 1. The fourth-order valence-corrected chi connectivity index (χ4v) is 3.14. The number of aryl methyl sites for hydroxylation is 1. The van der Waals surface area contributed by atoms with Crippen molar-refractivity contribution in [2.45, 2.75) is 25.2 Å². The minimum absolute atomic E-state index is 0.150. The minimum atomic E-state index is -0.150. The zero-order valence-electron chi connectivity index (χ0n) is 13.1. The summed E-state index contributed by atoms with van der Waals surface area (Å²) in [6, 6.07) is 9.72. The first-order chi connectivity index (χ1) is 11.2. The minimum Gasteiger partial charge on any atom is -0.497 e. The molecule has 1 aromatic carbocycles. The van der Waals surface area contributed by atoms with Gasteiger partial charge in [0.15, 0.2) is 0 Å². The number of nitrogens with zero attached hydrogens (tertiary/aromatic N) is 1. The van der Waals surface area contributed by atoms with Crippen molar-refractivity contribution in [1.82, 2.24) is 10.3 Å². The molecule has 3 rings (SSSR count). The van der Waals surface area contributed by atoms with Crippen molar-refractivity contribution in [3.8, 4) is 11.8 Å². The Kier molecular flexibility index (Phi) is 4.33. The molecule has 1 amide bonds. The molecule has 1 aromatic heterocycles. The molecule has 5 nitrogen and oxygen atoms in total. The lowest BCUT2D eigenvalue weighted by Gasteiger charge is -2.26. The third-order valence-corrected chi connectivity index (χ3v) is 4.36. The van der Waals surface area contributed by atoms with Gasteiger partial charge >= 0.3 is 0 Å². The summed E-state index contributed by atoms with van der Waals surface area (Å²) in [5.74, 6) is 1.05. The summed E-state index contributed by atoms with van der Waals surface area (Å²) in [6.07, 6.45) is 4.80. The molecule has 2 aromatic rings.